The van der Waals surface area contributed by atoms with Crippen LogP contribution in [-0.2, 0) is 11.8 Å². The Hall–Kier alpha value is -1.36. The third kappa shape index (κ3) is 4.06. The third-order valence-corrected chi connectivity index (χ3v) is 4.12. The van der Waals surface area contributed by atoms with Crippen LogP contribution in [0.3, 0.4) is 0 Å². The Labute approximate surface area is 127 Å². The summed E-state index contributed by atoms with van der Waals surface area (Å²) in [5.41, 5.74) is 1.62. The van der Waals surface area contributed by atoms with Gasteiger partial charge < -0.3 is 9.64 Å². The topological polar surface area (TPSA) is 47.4 Å². The second-order valence-corrected chi connectivity index (χ2v) is 6.24. The maximum atomic E-state index is 12.5. The minimum absolute atomic E-state index is 0.0349. The fourth-order valence-corrected chi connectivity index (χ4v) is 2.64. The largest absolute Gasteiger partial charge is 0.378 e. The smallest absolute Gasteiger partial charge is 0.271 e. The molecule has 0 N–H and O–H groups in total. The number of hydrogen-bond acceptors (Lipinski definition) is 3. The summed E-state index contributed by atoms with van der Waals surface area (Å²) in [6, 6.07) is 1.90. The number of hydrogen-bond donors (Lipinski definition) is 0. The van der Waals surface area contributed by atoms with Crippen molar-refractivity contribution >= 4 is 5.91 Å². The zero-order valence-electron chi connectivity index (χ0n) is 13.6. The molecule has 1 saturated heterocycles. The Kier molecular flexibility index (Phi) is 5.39. The summed E-state index contributed by atoms with van der Waals surface area (Å²) in [6.07, 6.45) is 4.74. The van der Waals surface area contributed by atoms with E-state index < -0.39 is 0 Å². The molecule has 0 aliphatic carbocycles. The maximum Gasteiger partial charge on any atom is 0.271 e. The average Bonchev–Trinajstić information content (AvgIpc) is 2.87. The lowest BCUT2D eigenvalue weighted by Crippen LogP contribution is -2.32. The number of carbonyl (C=O) groups is 1. The number of nitrogens with zero attached hydrogens (tertiary/aromatic N) is 3. The van der Waals surface area contributed by atoms with Gasteiger partial charge in [0.15, 0.2) is 0 Å². The number of carbonyl (C=O) groups excluding carboxylic acids is 1. The van der Waals surface area contributed by atoms with Crippen LogP contribution in [0.2, 0.25) is 0 Å². The van der Waals surface area contributed by atoms with Gasteiger partial charge in [-0.25, -0.2) is 0 Å². The van der Waals surface area contributed by atoms with E-state index in [2.05, 4.69) is 18.9 Å². The van der Waals surface area contributed by atoms with Gasteiger partial charge in [0.05, 0.1) is 11.8 Å². The van der Waals surface area contributed by atoms with E-state index in [4.69, 9.17) is 4.74 Å². The SMILES string of the molecule is CC(C)c1cc(C(=O)N(C)CC[C@H]2CCCCO2)n(C)n1. The van der Waals surface area contributed by atoms with E-state index >= 15 is 0 Å². The van der Waals surface area contributed by atoms with Gasteiger partial charge in [-0.3, -0.25) is 9.48 Å². The Morgan fingerprint density at radius 2 is 2.29 bits per heavy atom. The van der Waals surface area contributed by atoms with Gasteiger partial charge in [-0.2, -0.15) is 5.10 Å². The highest BCUT2D eigenvalue weighted by molar-refractivity contribution is 5.92. The maximum absolute atomic E-state index is 12.5. The molecule has 1 aromatic heterocycles. The predicted octanol–water partition coefficient (Wildman–Crippen LogP) is 2.57. The summed E-state index contributed by atoms with van der Waals surface area (Å²) in [7, 11) is 3.68. The van der Waals surface area contributed by atoms with Gasteiger partial charge in [0, 0.05) is 27.2 Å². The van der Waals surface area contributed by atoms with Gasteiger partial charge in [0.1, 0.15) is 5.69 Å². The average molecular weight is 293 g/mol. The van der Waals surface area contributed by atoms with Crippen molar-refractivity contribution in [2.45, 2.75) is 51.6 Å². The Bertz CT molecular complexity index is 476. The molecule has 21 heavy (non-hydrogen) atoms. The molecule has 2 rings (SSSR count). The molecule has 2 heterocycles. The van der Waals surface area contributed by atoms with Crippen LogP contribution < -0.4 is 0 Å². The van der Waals surface area contributed by atoms with Gasteiger partial charge >= 0.3 is 0 Å². The van der Waals surface area contributed by atoms with E-state index in [1.54, 1.807) is 9.58 Å². The molecular formula is C16H27N3O2. The van der Waals surface area contributed by atoms with Crippen LogP contribution in [0.15, 0.2) is 6.07 Å². The summed E-state index contributed by atoms with van der Waals surface area (Å²) >= 11 is 0. The quantitative estimate of drug-likeness (QED) is 0.838. The lowest BCUT2D eigenvalue weighted by atomic mass is 10.1. The number of aromatic nitrogens is 2. The minimum Gasteiger partial charge on any atom is -0.378 e. The van der Waals surface area contributed by atoms with Crippen LogP contribution in [0.25, 0.3) is 0 Å². The molecule has 1 aromatic rings. The highest BCUT2D eigenvalue weighted by Crippen LogP contribution is 2.17. The molecule has 1 fully saturated rings. The molecule has 0 spiro atoms. The molecule has 0 unspecified atom stereocenters. The normalized spacial score (nSPS) is 19.0. The van der Waals surface area contributed by atoms with Crippen molar-refractivity contribution in [1.82, 2.24) is 14.7 Å². The second-order valence-electron chi connectivity index (χ2n) is 6.24. The van der Waals surface area contributed by atoms with Crippen molar-refractivity contribution in [2.24, 2.45) is 7.05 Å². The van der Waals surface area contributed by atoms with E-state index in [1.165, 1.54) is 6.42 Å². The van der Waals surface area contributed by atoms with E-state index in [0.29, 0.717) is 17.7 Å². The lowest BCUT2D eigenvalue weighted by Gasteiger charge is -2.25. The first-order valence-corrected chi connectivity index (χ1v) is 7.90. The minimum atomic E-state index is 0.0349. The van der Waals surface area contributed by atoms with Crippen molar-refractivity contribution in [1.29, 1.82) is 0 Å². The van der Waals surface area contributed by atoms with Crippen LogP contribution in [0.5, 0.6) is 0 Å². The summed E-state index contributed by atoms with van der Waals surface area (Å²) in [5, 5.41) is 4.41. The standard InChI is InChI=1S/C16H27N3O2/c1-12(2)14-11-15(19(4)17-14)16(20)18(3)9-8-13-7-5-6-10-21-13/h11-13H,5-10H2,1-4H3/t13-/m1/s1. The molecule has 0 bridgehead atoms. The molecule has 1 amide bonds. The second kappa shape index (κ2) is 7.07. The Morgan fingerprint density at radius 3 is 2.86 bits per heavy atom. The van der Waals surface area contributed by atoms with Gasteiger partial charge in [0.2, 0.25) is 0 Å². The number of rotatable bonds is 5. The zero-order chi connectivity index (χ0) is 15.4. The van der Waals surface area contributed by atoms with Crippen molar-refractivity contribution in [3.8, 4) is 0 Å². The Morgan fingerprint density at radius 1 is 1.52 bits per heavy atom. The van der Waals surface area contributed by atoms with Crippen LogP contribution in [0.1, 0.15) is 61.6 Å². The monoisotopic (exact) mass is 293 g/mol. The van der Waals surface area contributed by atoms with Crippen LogP contribution in [0, 0.1) is 0 Å². The lowest BCUT2D eigenvalue weighted by molar-refractivity contribution is 0.00703. The summed E-state index contributed by atoms with van der Waals surface area (Å²) in [4.78, 5) is 14.3. The number of ether oxygens (including phenoxy) is 1. The molecule has 0 saturated carbocycles. The molecule has 118 valence electrons. The summed E-state index contributed by atoms with van der Waals surface area (Å²) < 4.78 is 7.40. The number of amides is 1. The molecule has 0 radical (unpaired) electrons. The first-order chi connectivity index (χ1) is 9.99. The summed E-state index contributed by atoms with van der Waals surface area (Å²) in [6.45, 7) is 5.76. The number of aryl methyl sites for hydroxylation is 1. The van der Waals surface area contributed by atoms with E-state index in [1.807, 2.05) is 20.2 Å². The molecular weight excluding hydrogens is 266 g/mol. The first-order valence-electron chi connectivity index (χ1n) is 7.90. The molecule has 1 aliphatic rings. The van der Waals surface area contributed by atoms with E-state index in [9.17, 15) is 4.79 Å². The fraction of sp³-hybridized carbons (Fsp3) is 0.750. The molecule has 1 aliphatic heterocycles. The molecule has 5 nitrogen and oxygen atoms in total. The van der Waals surface area contributed by atoms with E-state index in [-0.39, 0.29) is 5.91 Å². The van der Waals surface area contributed by atoms with Crippen LogP contribution in [-0.4, -0.2) is 46.9 Å². The van der Waals surface area contributed by atoms with Crippen LogP contribution in [0.4, 0.5) is 0 Å². The van der Waals surface area contributed by atoms with Crippen LogP contribution >= 0.6 is 0 Å². The Balaban J connectivity index is 1.92. The van der Waals surface area contributed by atoms with Gasteiger partial charge in [-0.15, -0.1) is 0 Å². The fourth-order valence-electron chi connectivity index (χ4n) is 2.64. The molecule has 1 atom stereocenters. The van der Waals surface area contributed by atoms with Crippen molar-refractivity contribution in [2.75, 3.05) is 20.2 Å². The highest BCUT2D eigenvalue weighted by atomic mass is 16.5. The van der Waals surface area contributed by atoms with Crippen molar-refractivity contribution in [3.05, 3.63) is 17.5 Å². The van der Waals surface area contributed by atoms with Gasteiger partial charge in [0.25, 0.3) is 5.91 Å². The zero-order valence-corrected chi connectivity index (χ0v) is 13.6. The summed E-state index contributed by atoms with van der Waals surface area (Å²) in [5.74, 6) is 0.367. The predicted molar refractivity (Wildman–Crippen MR) is 82.5 cm³/mol. The van der Waals surface area contributed by atoms with E-state index in [0.717, 1.165) is 38.1 Å². The van der Waals surface area contributed by atoms with Crippen molar-refractivity contribution < 1.29 is 9.53 Å². The van der Waals surface area contributed by atoms with Gasteiger partial charge in [-0.05, 0) is 37.7 Å². The van der Waals surface area contributed by atoms with Crippen molar-refractivity contribution in [3.63, 3.8) is 0 Å². The molecule has 5 heteroatoms. The third-order valence-electron chi connectivity index (χ3n) is 4.12. The molecule has 0 aromatic carbocycles. The van der Waals surface area contributed by atoms with Gasteiger partial charge in [-0.1, -0.05) is 13.8 Å². The first kappa shape index (κ1) is 16.0. The highest BCUT2D eigenvalue weighted by Gasteiger charge is 2.20.